The van der Waals surface area contributed by atoms with E-state index in [-0.39, 0.29) is 0 Å². The molecule has 136 valence electrons. The van der Waals surface area contributed by atoms with E-state index in [1.54, 1.807) is 13.0 Å². The number of ether oxygens (including phenoxy) is 1. The molecular formula is C24H22O3. The number of rotatable bonds is 5. The van der Waals surface area contributed by atoms with E-state index in [9.17, 15) is 9.90 Å². The SMILES string of the molecule is CCOC(=O)/C=C/[C@@H](CC#Cc1ccccc1)[C@@H](O)C#Cc1ccccc1. The van der Waals surface area contributed by atoms with E-state index in [4.69, 9.17) is 4.74 Å². The van der Waals surface area contributed by atoms with Gasteiger partial charge in [0.25, 0.3) is 0 Å². The van der Waals surface area contributed by atoms with Crippen LogP contribution < -0.4 is 0 Å². The first-order chi connectivity index (χ1) is 13.2. The van der Waals surface area contributed by atoms with Gasteiger partial charge >= 0.3 is 5.97 Å². The molecule has 2 aromatic carbocycles. The van der Waals surface area contributed by atoms with Crippen LogP contribution in [0.3, 0.4) is 0 Å². The molecule has 0 bridgehead atoms. The quantitative estimate of drug-likeness (QED) is 0.505. The average molecular weight is 358 g/mol. The van der Waals surface area contributed by atoms with Crippen LogP contribution in [0.2, 0.25) is 0 Å². The van der Waals surface area contributed by atoms with Gasteiger partial charge in [0.2, 0.25) is 0 Å². The van der Waals surface area contributed by atoms with Crippen molar-refractivity contribution in [3.8, 4) is 23.7 Å². The van der Waals surface area contributed by atoms with Gasteiger partial charge in [-0.2, -0.15) is 0 Å². The molecule has 1 N–H and O–H groups in total. The number of hydrogen-bond acceptors (Lipinski definition) is 3. The van der Waals surface area contributed by atoms with Crippen LogP contribution in [0.1, 0.15) is 24.5 Å². The first kappa shape index (κ1) is 20.0. The van der Waals surface area contributed by atoms with Gasteiger partial charge in [-0.15, -0.1) is 0 Å². The molecule has 0 unspecified atom stereocenters. The molecule has 0 spiro atoms. The Morgan fingerprint density at radius 3 is 2.22 bits per heavy atom. The molecule has 0 aromatic heterocycles. The largest absolute Gasteiger partial charge is 0.463 e. The fraction of sp³-hybridized carbons (Fsp3) is 0.208. The van der Waals surface area contributed by atoms with E-state index in [2.05, 4.69) is 23.7 Å². The molecule has 0 radical (unpaired) electrons. The molecule has 2 aromatic rings. The minimum Gasteiger partial charge on any atom is -0.463 e. The molecule has 0 aliphatic heterocycles. The Labute approximate surface area is 160 Å². The van der Waals surface area contributed by atoms with E-state index in [0.717, 1.165) is 11.1 Å². The third kappa shape index (κ3) is 7.65. The molecule has 2 atom stereocenters. The fourth-order valence-corrected chi connectivity index (χ4v) is 2.26. The Hall–Kier alpha value is -3.27. The maximum Gasteiger partial charge on any atom is 0.330 e. The van der Waals surface area contributed by atoms with E-state index in [1.165, 1.54) is 6.08 Å². The molecule has 0 aliphatic rings. The number of aliphatic hydroxyl groups is 1. The molecular weight excluding hydrogens is 336 g/mol. The summed E-state index contributed by atoms with van der Waals surface area (Å²) >= 11 is 0. The summed E-state index contributed by atoms with van der Waals surface area (Å²) in [6.07, 6.45) is 2.37. The van der Waals surface area contributed by atoms with Crippen LogP contribution in [-0.4, -0.2) is 23.8 Å². The number of aliphatic hydroxyl groups excluding tert-OH is 1. The van der Waals surface area contributed by atoms with Crippen molar-refractivity contribution in [1.82, 2.24) is 0 Å². The van der Waals surface area contributed by atoms with Gasteiger partial charge in [-0.3, -0.25) is 0 Å². The second kappa shape index (κ2) is 11.4. The van der Waals surface area contributed by atoms with Crippen molar-refractivity contribution in [2.45, 2.75) is 19.4 Å². The highest BCUT2D eigenvalue weighted by Gasteiger charge is 2.14. The van der Waals surface area contributed by atoms with Crippen LogP contribution in [0.25, 0.3) is 0 Å². The summed E-state index contributed by atoms with van der Waals surface area (Å²) < 4.78 is 4.90. The first-order valence-corrected chi connectivity index (χ1v) is 8.82. The van der Waals surface area contributed by atoms with Gasteiger partial charge in [0.05, 0.1) is 6.61 Å². The molecule has 0 aliphatic carbocycles. The smallest absolute Gasteiger partial charge is 0.330 e. The molecule has 0 fully saturated rings. The van der Waals surface area contributed by atoms with Gasteiger partial charge in [0.15, 0.2) is 0 Å². The van der Waals surface area contributed by atoms with Gasteiger partial charge in [-0.05, 0) is 31.2 Å². The summed E-state index contributed by atoms with van der Waals surface area (Å²) in [5.74, 6) is 11.1. The second-order valence-corrected chi connectivity index (χ2v) is 5.73. The van der Waals surface area contributed by atoms with Crippen LogP contribution >= 0.6 is 0 Å². The zero-order valence-electron chi connectivity index (χ0n) is 15.3. The Kier molecular flexibility index (Phi) is 8.44. The van der Waals surface area contributed by atoms with E-state index in [0.29, 0.717) is 13.0 Å². The van der Waals surface area contributed by atoms with Crippen LogP contribution in [0, 0.1) is 29.6 Å². The van der Waals surface area contributed by atoms with E-state index in [1.807, 2.05) is 60.7 Å². The highest BCUT2D eigenvalue weighted by molar-refractivity contribution is 5.81. The van der Waals surface area contributed by atoms with Crippen LogP contribution in [-0.2, 0) is 9.53 Å². The lowest BCUT2D eigenvalue weighted by Crippen LogP contribution is -2.17. The van der Waals surface area contributed by atoms with Crippen molar-refractivity contribution in [3.63, 3.8) is 0 Å². The number of esters is 1. The van der Waals surface area contributed by atoms with Gasteiger partial charge < -0.3 is 9.84 Å². The maximum atomic E-state index is 11.6. The topological polar surface area (TPSA) is 46.5 Å². The summed E-state index contributed by atoms with van der Waals surface area (Å²) in [4.78, 5) is 11.6. The minimum absolute atomic E-state index is 0.304. The molecule has 0 saturated carbocycles. The molecule has 27 heavy (non-hydrogen) atoms. The lowest BCUT2D eigenvalue weighted by molar-refractivity contribution is -0.137. The Morgan fingerprint density at radius 1 is 1.04 bits per heavy atom. The molecule has 2 rings (SSSR count). The Bertz CT molecular complexity index is 862. The molecule has 0 saturated heterocycles. The highest BCUT2D eigenvalue weighted by Crippen LogP contribution is 2.11. The summed E-state index contributed by atoms with van der Waals surface area (Å²) in [5, 5.41) is 10.5. The normalized spacial score (nSPS) is 12.2. The Balaban J connectivity index is 2.12. The first-order valence-electron chi connectivity index (χ1n) is 8.82. The van der Waals surface area contributed by atoms with E-state index >= 15 is 0 Å². The summed E-state index contributed by atoms with van der Waals surface area (Å²) in [7, 11) is 0. The highest BCUT2D eigenvalue weighted by atomic mass is 16.5. The van der Waals surface area contributed by atoms with Crippen molar-refractivity contribution in [3.05, 3.63) is 83.9 Å². The van der Waals surface area contributed by atoms with Crippen LogP contribution in [0.5, 0.6) is 0 Å². The summed E-state index contributed by atoms with van der Waals surface area (Å²) in [6.45, 7) is 2.05. The standard InChI is InChI=1S/C24H22O3/c1-2-27-24(26)19-17-22(15-9-14-20-10-5-3-6-11-20)23(25)18-16-21-12-7-4-8-13-21/h3-8,10-13,17,19,22-23,25H,2,15H2,1H3/b19-17+/t22-,23+/m1/s1. The zero-order valence-corrected chi connectivity index (χ0v) is 15.3. The third-order valence-corrected chi connectivity index (χ3v) is 3.65. The fourth-order valence-electron chi connectivity index (χ4n) is 2.26. The molecule has 0 amide bonds. The third-order valence-electron chi connectivity index (χ3n) is 3.65. The average Bonchev–Trinajstić information content (AvgIpc) is 2.70. The van der Waals surface area contributed by atoms with Crippen molar-refractivity contribution in [2.75, 3.05) is 6.61 Å². The summed E-state index contributed by atoms with van der Waals surface area (Å²) in [6, 6.07) is 19.0. The predicted octanol–water partition coefficient (Wildman–Crippen LogP) is 3.58. The Morgan fingerprint density at radius 2 is 1.63 bits per heavy atom. The molecule has 3 heteroatoms. The van der Waals surface area contributed by atoms with Crippen LogP contribution in [0.15, 0.2) is 72.8 Å². The van der Waals surface area contributed by atoms with E-state index < -0.39 is 18.0 Å². The lowest BCUT2D eigenvalue weighted by Gasteiger charge is -2.12. The van der Waals surface area contributed by atoms with Gasteiger partial charge in [0.1, 0.15) is 6.10 Å². The van der Waals surface area contributed by atoms with Gasteiger partial charge in [0, 0.05) is 29.5 Å². The number of benzene rings is 2. The van der Waals surface area contributed by atoms with Crippen molar-refractivity contribution in [2.24, 2.45) is 5.92 Å². The lowest BCUT2D eigenvalue weighted by atomic mass is 9.97. The minimum atomic E-state index is -0.944. The van der Waals surface area contributed by atoms with Crippen molar-refractivity contribution < 1.29 is 14.6 Å². The van der Waals surface area contributed by atoms with Crippen LogP contribution in [0.4, 0.5) is 0 Å². The second-order valence-electron chi connectivity index (χ2n) is 5.73. The summed E-state index contributed by atoms with van der Waals surface area (Å²) in [5.41, 5.74) is 1.72. The number of hydrogen-bond donors (Lipinski definition) is 1. The van der Waals surface area contributed by atoms with Gasteiger partial charge in [-0.25, -0.2) is 4.79 Å². The zero-order chi connectivity index (χ0) is 19.3. The maximum absolute atomic E-state index is 11.6. The number of carbonyl (C=O) groups is 1. The van der Waals surface area contributed by atoms with Gasteiger partial charge in [-0.1, -0.05) is 66.2 Å². The molecule has 3 nitrogen and oxygen atoms in total. The van der Waals surface area contributed by atoms with Crippen molar-refractivity contribution >= 4 is 5.97 Å². The number of carbonyl (C=O) groups excluding carboxylic acids is 1. The monoisotopic (exact) mass is 358 g/mol. The molecule has 0 heterocycles. The van der Waals surface area contributed by atoms with Crippen molar-refractivity contribution in [1.29, 1.82) is 0 Å². The predicted molar refractivity (Wildman–Crippen MR) is 107 cm³/mol.